The number of esters is 1. The van der Waals surface area contributed by atoms with Crippen LogP contribution in [0.1, 0.15) is 44.7 Å². The number of methoxy groups -OCH3 is 1. The molecule has 0 N–H and O–H groups in total. The van der Waals surface area contributed by atoms with Crippen LogP contribution in [-0.2, 0) is 22.5 Å². The molecule has 0 saturated carbocycles. The largest absolute Gasteiger partial charge is 0.465 e. The maximum atomic E-state index is 13.1. The van der Waals surface area contributed by atoms with E-state index in [9.17, 15) is 14.4 Å². The van der Waals surface area contributed by atoms with Crippen LogP contribution in [-0.4, -0.2) is 42.9 Å². The number of hydrogen-bond acceptors (Lipinski definition) is 4. The van der Waals surface area contributed by atoms with Crippen molar-refractivity contribution in [2.24, 2.45) is 0 Å². The zero-order valence-corrected chi connectivity index (χ0v) is 15.8. The summed E-state index contributed by atoms with van der Waals surface area (Å²) in [4.78, 5) is 40.3. The minimum Gasteiger partial charge on any atom is -0.465 e. The van der Waals surface area contributed by atoms with E-state index in [4.69, 9.17) is 4.74 Å². The molecule has 0 spiro atoms. The molecule has 0 aromatic heterocycles. The normalized spacial score (nSPS) is 15.7. The number of benzene rings is 2. The fourth-order valence-corrected chi connectivity index (χ4v) is 3.91. The maximum absolute atomic E-state index is 13.1. The molecule has 2 aliphatic heterocycles. The molecule has 2 aromatic rings. The minimum atomic E-state index is -0.378. The molecule has 0 bridgehead atoms. The monoisotopic (exact) mass is 378 g/mol. The van der Waals surface area contributed by atoms with Gasteiger partial charge in [0.1, 0.15) is 0 Å². The third kappa shape index (κ3) is 3.38. The Hall–Kier alpha value is -3.15. The molecule has 28 heavy (non-hydrogen) atoms. The van der Waals surface area contributed by atoms with E-state index in [0.717, 1.165) is 29.8 Å². The molecule has 2 aromatic carbocycles. The molecule has 1 saturated heterocycles. The molecule has 144 valence electrons. The van der Waals surface area contributed by atoms with Gasteiger partial charge in [0.15, 0.2) is 0 Å². The molecule has 2 aliphatic rings. The summed E-state index contributed by atoms with van der Waals surface area (Å²) in [5, 5.41) is 0. The summed E-state index contributed by atoms with van der Waals surface area (Å²) >= 11 is 0. The van der Waals surface area contributed by atoms with Gasteiger partial charge in [-0.05, 0) is 54.3 Å². The number of anilines is 1. The fourth-order valence-electron chi connectivity index (χ4n) is 3.91. The molecule has 0 atom stereocenters. The highest BCUT2D eigenvalue weighted by atomic mass is 16.5. The number of fused-ring (bicyclic) bond motifs is 1. The van der Waals surface area contributed by atoms with Crippen LogP contribution in [0.15, 0.2) is 42.5 Å². The number of amides is 2. The van der Waals surface area contributed by atoms with Crippen LogP contribution in [0.4, 0.5) is 5.69 Å². The minimum absolute atomic E-state index is 0.0702. The third-order valence-electron chi connectivity index (χ3n) is 5.36. The van der Waals surface area contributed by atoms with Crippen molar-refractivity contribution in [1.29, 1.82) is 0 Å². The summed E-state index contributed by atoms with van der Waals surface area (Å²) in [7, 11) is 1.36. The highest BCUT2D eigenvalue weighted by Crippen LogP contribution is 2.30. The first-order valence-corrected chi connectivity index (χ1v) is 9.46. The first kappa shape index (κ1) is 18.2. The predicted octanol–water partition coefficient (Wildman–Crippen LogP) is 2.80. The molecule has 4 rings (SSSR count). The van der Waals surface area contributed by atoms with Crippen LogP contribution in [0.25, 0.3) is 0 Å². The lowest BCUT2D eigenvalue weighted by Crippen LogP contribution is -2.29. The zero-order valence-electron chi connectivity index (χ0n) is 15.8. The maximum Gasteiger partial charge on any atom is 0.337 e. The number of carbonyl (C=O) groups excluding carboxylic acids is 3. The molecule has 0 unspecified atom stereocenters. The van der Waals surface area contributed by atoms with Crippen molar-refractivity contribution < 1.29 is 19.1 Å². The number of rotatable bonds is 4. The highest BCUT2D eigenvalue weighted by molar-refractivity contribution is 6.07. The SMILES string of the molecule is COC(=O)c1ccc2c(c1)CCN2C(=O)c1cccc(CN2CCCC2=O)c1. The Kier molecular flexibility index (Phi) is 4.86. The molecular formula is C22H22N2O4. The van der Waals surface area contributed by atoms with Gasteiger partial charge in [-0.15, -0.1) is 0 Å². The average Bonchev–Trinajstić information content (AvgIpc) is 3.32. The van der Waals surface area contributed by atoms with Crippen molar-refractivity contribution in [1.82, 2.24) is 4.90 Å². The van der Waals surface area contributed by atoms with E-state index in [0.29, 0.717) is 37.1 Å². The highest BCUT2D eigenvalue weighted by Gasteiger charge is 2.27. The van der Waals surface area contributed by atoms with E-state index in [-0.39, 0.29) is 17.8 Å². The lowest BCUT2D eigenvalue weighted by molar-refractivity contribution is -0.128. The van der Waals surface area contributed by atoms with Crippen LogP contribution in [0, 0.1) is 0 Å². The summed E-state index contributed by atoms with van der Waals surface area (Å²) in [5.74, 6) is -0.275. The second-order valence-corrected chi connectivity index (χ2v) is 7.16. The van der Waals surface area contributed by atoms with Gasteiger partial charge < -0.3 is 14.5 Å². The van der Waals surface area contributed by atoms with E-state index in [1.54, 1.807) is 29.2 Å². The van der Waals surface area contributed by atoms with Gasteiger partial charge in [-0.1, -0.05) is 12.1 Å². The Bertz CT molecular complexity index is 953. The second-order valence-electron chi connectivity index (χ2n) is 7.16. The van der Waals surface area contributed by atoms with Crippen molar-refractivity contribution in [3.05, 3.63) is 64.7 Å². The van der Waals surface area contributed by atoms with Crippen LogP contribution >= 0.6 is 0 Å². The molecule has 6 heteroatoms. The summed E-state index contributed by atoms with van der Waals surface area (Å²) in [5.41, 5.74) is 3.86. The van der Waals surface area contributed by atoms with E-state index < -0.39 is 0 Å². The molecule has 1 fully saturated rings. The van der Waals surface area contributed by atoms with Crippen molar-refractivity contribution in [2.75, 3.05) is 25.1 Å². The standard InChI is InChI=1S/C22H22N2O4/c1-28-22(27)18-7-8-19-16(13-18)9-11-24(19)21(26)17-5-2-4-15(12-17)14-23-10-3-6-20(23)25/h2,4-5,7-8,12-13H,3,6,9-11,14H2,1H3. The van der Waals surface area contributed by atoms with E-state index in [1.807, 2.05) is 23.1 Å². The Balaban J connectivity index is 1.54. The first-order chi connectivity index (χ1) is 13.6. The Morgan fingerprint density at radius 3 is 2.64 bits per heavy atom. The topological polar surface area (TPSA) is 66.9 Å². The Morgan fingerprint density at radius 2 is 1.89 bits per heavy atom. The van der Waals surface area contributed by atoms with Gasteiger partial charge in [0.2, 0.25) is 5.91 Å². The van der Waals surface area contributed by atoms with E-state index >= 15 is 0 Å². The summed E-state index contributed by atoms with van der Waals surface area (Å²) in [6.45, 7) is 1.89. The quantitative estimate of drug-likeness (QED) is 0.768. The van der Waals surface area contributed by atoms with Gasteiger partial charge in [0.05, 0.1) is 12.7 Å². The van der Waals surface area contributed by atoms with E-state index in [1.165, 1.54) is 7.11 Å². The number of likely N-dealkylation sites (tertiary alicyclic amines) is 1. The smallest absolute Gasteiger partial charge is 0.337 e. The van der Waals surface area contributed by atoms with Crippen LogP contribution in [0.3, 0.4) is 0 Å². The van der Waals surface area contributed by atoms with Crippen molar-refractivity contribution in [2.45, 2.75) is 25.8 Å². The van der Waals surface area contributed by atoms with Gasteiger partial charge in [-0.3, -0.25) is 9.59 Å². The average molecular weight is 378 g/mol. The van der Waals surface area contributed by atoms with E-state index in [2.05, 4.69) is 0 Å². The van der Waals surface area contributed by atoms with Gasteiger partial charge >= 0.3 is 5.97 Å². The summed E-state index contributed by atoms with van der Waals surface area (Å²) in [6, 6.07) is 12.8. The van der Waals surface area contributed by atoms with Crippen LogP contribution in [0.5, 0.6) is 0 Å². The molecule has 6 nitrogen and oxygen atoms in total. The lowest BCUT2D eigenvalue weighted by atomic mass is 10.1. The zero-order chi connectivity index (χ0) is 19.7. The van der Waals surface area contributed by atoms with Gasteiger partial charge in [0.25, 0.3) is 5.91 Å². The first-order valence-electron chi connectivity index (χ1n) is 9.46. The molecule has 2 heterocycles. The number of carbonyl (C=O) groups is 3. The fraction of sp³-hybridized carbons (Fsp3) is 0.318. The van der Waals surface area contributed by atoms with Crippen molar-refractivity contribution in [3.8, 4) is 0 Å². The van der Waals surface area contributed by atoms with Gasteiger partial charge in [0, 0.05) is 37.3 Å². The molecular weight excluding hydrogens is 356 g/mol. The third-order valence-corrected chi connectivity index (χ3v) is 5.36. The second kappa shape index (κ2) is 7.46. The summed E-state index contributed by atoms with van der Waals surface area (Å²) < 4.78 is 4.77. The number of ether oxygens (including phenoxy) is 1. The summed E-state index contributed by atoms with van der Waals surface area (Å²) in [6.07, 6.45) is 2.21. The number of nitrogens with zero attached hydrogens (tertiary/aromatic N) is 2. The predicted molar refractivity (Wildman–Crippen MR) is 104 cm³/mol. The Morgan fingerprint density at radius 1 is 1.04 bits per heavy atom. The molecule has 0 radical (unpaired) electrons. The van der Waals surface area contributed by atoms with Gasteiger partial charge in [-0.25, -0.2) is 4.79 Å². The molecule has 0 aliphatic carbocycles. The van der Waals surface area contributed by atoms with Crippen molar-refractivity contribution in [3.63, 3.8) is 0 Å². The van der Waals surface area contributed by atoms with Crippen LogP contribution < -0.4 is 4.90 Å². The lowest BCUT2D eigenvalue weighted by Gasteiger charge is -2.19. The number of hydrogen-bond donors (Lipinski definition) is 0. The van der Waals surface area contributed by atoms with Crippen molar-refractivity contribution >= 4 is 23.5 Å². The van der Waals surface area contributed by atoms with Gasteiger partial charge in [-0.2, -0.15) is 0 Å². The van der Waals surface area contributed by atoms with Crippen LogP contribution in [0.2, 0.25) is 0 Å². The Labute approximate surface area is 163 Å². The molecule has 2 amide bonds.